The van der Waals surface area contributed by atoms with Gasteiger partial charge in [-0.05, 0) is 31.7 Å². The Bertz CT molecular complexity index is 407. The van der Waals surface area contributed by atoms with Gasteiger partial charge in [-0.25, -0.2) is 4.39 Å². The van der Waals surface area contributed by atoms with Crippen LogP contribution in [0.25, 0.3) is 0 Å². The maximum absolute atomic E-state index is 14.0. The van der Waals surface area contributed by atoms with Gasteiger partial charge < -0.3 is 15.2 Å². The number of ether oxygens (including phenoxy) is 2. The molecule has 18 heavy (non-hydrogen) atoms. The van der Waals surface area contributed by atoms with Crippen molar-refractivity contribution in [3.63, 3.8) is 0 Å². The van der Waals surface area contributed by atoms with Crippen LogP contribution >= 0.6 is 0 Å². The van der Waals surface area contributed by atoms with Crippen molar-refractivity contribution in [1.82, 2.24) is 0 Å². The second-order valence-corrected chi connectivity index (χ2v) is 4.67. The van der Waals surface area contributed by atoms with E-state index >= 15 is 0 Å². The first-order valence-corrected chi connectivity index (χ1v) is 6.38. The third kappa shape index (κ3) is 2.82. The van der Waals surface area contributed by atoms with E-state index in [0.29, 0.717) is 23.8 Å². The highest BCUT2D eigenvalue weighted by Gasteiger charge is 2.37. The summed E-state index contributed by atoms with van der Waals surface area (Å²) in [4.78, 5) is 0. The molecule has 0 aromatic heterocycles. The molecule has 0 bridgehead atoms. The Morgan fingerprint density at radius 1 is 1.44 bits per heavy atom. The van der Waals surface area contributed by atoms with Crippen molar-refractivity contribution in [2.24, 2.45) is 11.7 Å². The van der Waals surface area contributed by atoms with E-state index in [1.54, 1.807) is 12.1 Å². The predicted octanol–water partition coefficient (Wildman–Crippen LogP) is 2.65. The third-order valence-electron chi connectivity index (χ3n) is 3.37. The van der Waals surface area contributed by atoms with Gasteiger partial charge in [-0.3, -0.25) is 0 Å². The lowest BCUT2D eigenvalue weighted by Gasteiger charge is -2.24. The van der Waals surface area contributed by atoms with Crippen LogP contribution in [0.3, 0.4) is 0 Å². The van der Waals surface area contributed by atoms with Gasteiger partial charge >= 0.3 is 0 Å². The lowest BCUT2D eigenvalue weighted by Crippen LogP contribution is -2.31. The largest absolute Gasteiger partial charge is 0.497 e. The molecule has 0 spiro atoms. The summed E-state index contributed by atoms with van der Waals surface area (Å²) in [5.74, 6) is 0.650. The Morgan fingerprint density at radius 2 is 2.17 bits per heavy atom. The predicted molar refractivity (Wildman–Crippen MR) is 68.0 cm³/mol. The van der Waals surface area contributed by atoms with Crippen LogP contribution in [0.4, 0.5) is 4.39 Å². The van der Waals surface area contributed by atoms with Crippen LogP contribution in [0.1, 0.15) is 31.4 Å². The molecule has 2 rings (SSSR count). The molecular weight excluding hydrogens is 233 g/mol. The first kappa shape index (κ1) is 13.3. The topological polar surface area (TPSA) is 44.5 Å². The van der Waals surface area contributed by atoms with Gasteiger partial charge in [-0.15, -0.1) is 0 Å². The highest BCUT2D eigenvalue weighted by Crippen LogP contribution is 2.39. The molecule has 3 nitrogen and oxygen atoms in total. The van der Waals surface area contributed by atoms with Gasteiger partial charge in [-0.2, -0.15) is 0 Å². The molecule has 1 saturated carbocycles. The summed E-state index contributed by atoms with van der Waals surface area (Å²) in [6.45, 7) is 2.54. The van der Waals surface area contributed by atoms with E-state index in [0.717, 1.165) is 12.8 Å². The number of nitrogens with two attached hydrogens (primary N) is 1. The molecule has 100 valence electrons. The molecule has 1 aliphatic rings. The SMILES string of the molecule is CCOC(C1CC1)C(N)c1ccc(OC)cc1F. The first-order valence-electron chi connectivity index (χ1n) is 6.38. The average Bonchev–Trinajstić information content (AvgIpc) is 3.19. The van der Waals surface area contributed by atoms with Gasteiger partial charge in [0, 0.05) is 18.2 Å². The molecule has 1 aromatic rings. The second kappa shape index (κ2) is 5.67. The van der Waals surface area contributed by atoms with Crippen LogP contribution in [0, 0.1) is 11.7 Å². The number of hydrogen-bond acceptors (Lipinski definition) is 3. The lowest BCUT2D eigenvalue weighted by atomic mass is 9.98. The molecule has 1 aliphatic carbocycles. The summed E-state index contributed by atoms with van der Waals surface area (Å²) in [5.41, 5.74) is 6.65. The van der Waals surface area contributed by atoms with Crippen LogP contribution in [-0.4, -0.2) is 19.8 Å². The molecule has 0 heterocycles. The average molecular weight is 253 g/mol. The molecule has 0 amide bonds. The fourth-order valence-corrected chi connectivity index (χ4v) is 2.23. The van der Waals surface area contributed by atoms with Crippen LogP contribution in [0.2, 0.25) is 0 Å². The monoisotopic (exact) mass is 253 g/mol. The quantitative estimate of drug-likeness (QED) is 0.847. The van der Waals surface area contributed by atoms with Crippen LogP contribution in [0.5, 0.6) is 5.75 Å². The zero-order chi connectivity index (χ0) is 13.1. The summed E-state index contributed by atoms with van der Waals surface area (Å²) in [6, 6.07) is 4.37. The maximum Gasteiger partial charge on any atom is 0.131 e. The van der Waals surface area contributed by atoms with Gasteiger partial charge in [0.2, 0.25) is 0 Å². The Kier molecular flexibility index (Phi) is 4.19. The van der Waals surface area contributed by atoms with Gasteiger partial charge in [0.25, 0.3) is 0 Å². The minimum absolute atomic E-state index is 0.0853. The Hall–Kier alpha value is -1.13. The standard InChI is InChI=1S/C14H20FNO2/c1-3-18-14(9-4-5-9)13(16)11-7-6-10(17-2)8-12(11)15/h6-9,13-14H,3-5,16H2,1-2H3. The molecule has 2 N–H and O–H groups in total. The van der Waals surface area contributed by atoms with Crippen LogP contribution < -0.4 is 10.5 Å². The minimum Gasteiger partial charge on any atom is -0.497 e. The first-order chi connectivity index (χ1) is 8.67. The van der Waals surface area contributed by atoms with E-state index in [2.05, 4.69) is 0 Å². The molecular formula is C14H20FNO2. The summed E-state index contributed by atoms with van der Waals surface area (Å²) < 4.78 is 24.6. The van der Waals surface area contributed by atoms with Crippen molar-refractivity contribution in [3.8, 4) is 5.75 Å². The van der Waals surface area contributed by atoms with Crippen LogP contribution in [0.15, 0.2) is 18.2 Å². The molecule has 0 aliphatic heterocycles. The van der Waals surface area contributed by atoms with Crippen molar-refractivity contribution in [2.45, 2.75) is 31.9 Å². The summed E-state index contributed by atoms with van der Waals surface area (Å²) in [5, 5.41) is 0. The molecule has 4 heteroatoms. The molecule has 0 radical (unpaired) electrons. The summed E-state index contributed by atoms with van der Waals surface area (Å²) >= 11 is 0. The fraction of sp³-hybridized carbons (Fsp3) is 0.571. The van der Waals surface area contributed by atoms with E-state index in [1.165, 1.54) is 13.2 Å². The number of halogens is 1. The summed E-state index contributed by atoms with van der Waals surface area (Å²) in [6.07, 6.45) is 2.16. The smallest absolute Gasteiger partial charge is 0.131 e. The normalized spacial score (nSPS) is 18.4. The van der Waals surface area contributed by atoms with Crippen LogP contribution in [-0.2, 0) is 4.74 Å². The Morgan fingerprint density at radius 3 is 2.67 bits per heavy atom. The second-order valence-electron chi connectivity index (χ2n) is 4.67. The van der Waals surface area contributed by atoms with E-state index < -0.39 is 6.04 Å². The third-order valence-corrected chi connectivity index (χ3v) is 3.37. The molecule has 1 aromatic carbocycles. The number of rotatable bonds is 6. The van der Waals surface area contributed by atoms with Gasteiger partial charge in [-0.1, -0.05) is 6.07 Å². The van der Waals surface area contributed by atoms with E-state index in [-0.39, 0.29) is 11.9 Å². The number of benzene rings is 1. The van der Waals surface area contributed by atoms with Gasteiger partial charge in [0.05, 0.1) is 19.3 Å². The van der Waals surface area contributed by atoms with Gasteiger partial charge in [0.15, 0.2) is 0 Å². The zero-order valence-corrected chi connectivity index (χ0v) is 10.9. The van der Waals surface area contributed by atoms with E-state index in [1.807, 2.05) is 6.92 Å². The highest BCUT2D eigenvalue weighted by atomic mass is 19.1. The molecule has 1 fully saturated rings. The minimum atomic E-state index is -0.414. The molecule has 0 saturated heterocycles. The van der Waals surface area contributed by atoms with Crippen molar-refractivity contribution >= 4 is 0 Å². The Labute approximate surface area is 107 Å². The van der Waals surface area contributed by atoms with Crippen molar-refractivity contribution < 1.29 is 13.9 Å². The lowest BCUT2D eigenvalue weighted by molar-refractivity contribution is 0.0275. The van der Waals surface area contributed by atoms with E-state index in [9.17, 15) is 4.39 Å². The van der Waals surface area contributed by atoms with E-state index in [4.69, 9.17) is 15.2 Å². The number of methoxy groups -OCH3 is 1. The van der Waals surface area contributed by atoms with Crippen molar-refractivity contribution in [1.29, 1.82) is 0 Å². The summed E-state index contributed by atoms with van der Waals surface area (Å²) in [7, 11) is 1.52. The highest BCUT2D eigenvalue weighted by molar-refractivity contribution is 5.31. The number of hydrogen-bond donors (Lipinski definition) is 1. The Balaban J connectivity index is 2.18. The molecule has 2 unspecified atom stereocenters. The van der Waals surface area contributed by atoms with Gasteiger partial charge in [0.1, 0.15) is 11.6 Å². The molecule has 2 atom stereocenters. The zero-order valence-electron chi connectivity index (χ0n) is 10.9. The fourth-order valence-electron chi connectivity index (χ4n) is 2.23. The van der Waals surface area contributed by atoms with Crippen molar-refractivity contribution in [3.05, 3.63) is 29.6 Å². The van der Waals surface area contributed by atoms with Crippen molar-refractivity contribution in [2.75, 3.05) is 13.7 Å². The maximum atomic E-state index is 14.0.